The highest BCUT2D eigenvalue weighted by Gasteiger charge is 2.19. The van der Waals surface area contributed by atoms with Gasteiger partial charge in [0.05, 0.1) is 17.6 Å². The van der Waals surface area contributed by atoms with Crippen LogP contribution >= 0.6 is 10.7 Å². The minimum absolute atomic E-state index is 0.115. The Hall–Kier alpha value is -1.31. The van der Waals surface area contributed by atoms with Gasteiger partial charge in [-0.15, -0.1) is 0 Å². The molecule has 0 radical (unpaired) electrons. The highest BCUT2D eigenvalue weighted by molar-refractivity contribution is 8.13. The quantitative estimate of drug-likeness (QED) is 0.802. The van der Waals surface area contributed by atoms with E-state index < -0.39 is 15.0 Å². The number of ether oxygens (including phenoxy) is 2. The molecule has 1 aliphatic rings. The average Bonchev–Trinajstić information content (AvgIpc) is 2.90. The Balaban J connectivity index is 2.09. The van der Waals surface area contributed by atoms with E-state index in [1.54, 1.807) is 0 Å². The lowest BCUT2D eigenvalue weighted by atomic mass is 10.2. The van der Waals surface area contributed by atoms with E-state index in [1.165, 1.54) is 12.1 Å². The zero-order valence-corrected chi connectivity index (χ0v) is 12.7. The smallest absolute Gasteiger partial charge is 0.339 e. The van der Waals surface area contributed by atoms with Crippen molar-refractivity contribution < 1.29 is 27.8 Å². The van der Waals surface area contributed by atoms with Crippen LogP contribution in [0.3, 0.4) is 0 Å². The number of carbonyl (C=O) groups is 1. The van der Waals surface area contributed by atoms with Crippen molar-refractivity contribution in [1.82, 2.24) is 0 Å². The fourth-order valence-corrected chi connectivity index (χ4v) is 2.90. The number of benzene rings is 1. The Bertz CT molecular complexity index is 622. The second-order valence-corrected chi connectivity index (χ2v) is 7.24. The Morgan fingerprint density at radius 3 is 2.81 bits per heavy atom. The van der Waals surface area contributed by atoms with Crippen molar-refractivity contribution in [3.05, 3.63) is 23.8 Å². The first-order chi connectivity index (χ1) is 9.88. The monoisotopic (exact) mass is 334 g/mol. The van der Waals surface area contributed by atoms with Crippen molar-refractivity contribution in [2.45, 2.75) is 30.3 Å². The molecule has 0 saturated carbocycles. The fraction of sp³-hybridized carbons (Fsp3) is 0.462. The molecule has 2 rings (SSSR count). The summed E-state index contributed by atoms with van der Waals surface area (Å²) >= 11 is 0. The van der Waals surface area contributed by atoms with Crippen molar-refractivity contribution in [3.63, 3.8) is 0 Å². The topological polar surface area (TPSA) is 89.9 Å². The van der Waals surface area contributed by atoms with Gasteiger partial charge in [-0.25, -0.2) is 13.2 Å². The highest BCUT2D eigenvalue weighted by Crippen LogP contribution is 2.25. The van der Waals surface area contributed by atoms with Crippen LogP contribution in [0, 0.1) is 0 Å². The first-order valence-electron chi connectivity index (χ1n) is 6.44. The third-order valence-corrected chi connectivity index (χ3v) is 4.54. The molecule has 1 aromatic rings. The molecule has 1 fully saturated rings. The molecule has 21 heavy (non-hydrogen) atoms. The van der Waals surface area contributed by atoms with Gasteiger partial charge >= 0.3 is 5.97 Å². The van der Waals surface area contributed by atoms with Gasteiger partial charge in [-0.05, 0) is 31.0 Å². The molecule has 0 spiro atoms. The van der Waals surface area contributed by atoms with Gasteiger partial charge in [0.1, 0.15) is 11.3 Å². The standard InChI is InChI=1S/C13H15ClO6S/c14-21(17,18)10-3-4-12(11(8-10)13(15)16)20-7-5-9-2-1-6-19-9/h3-4,8-9H,1-2,5-7H2,(H,15,16). The number of hydrogen-bond acceptors (Lipinski definition) is 5. The molecule has 1 aromatic carbocycles. The number of halogens is 1. The fourth-order valence-electron chi connectivity index (χ4n) is 2.13. The summed E-state index contributed by atoms with van der Waals surface area (Å²) in [5.41, 5.74) is -0.232. The van der Waals surface area contributed by atoms with Gasteiger partial charge in [0, 0.05) is 23.7 Å². The second kappa shape index (κ2) is 6.64. The molecule has 8 heteroatoms. The van der Waals surface area contributed by atoms with E-state index in [4.69, 9.17) is 25.3 Å². The summed E-state index contributed by atoms with van der Waals surface area (Å²) in [6.07, 6.45) is 2.79. The molecule has 1 heterocycles. The van der Waals surface area contributed by atoms with E-state index in [0.717, 1.165) is 25.5 Å². The predicted octanol–water partition coefficient (Wildman–Crippen LogP) is 2.26. The molecule has 0 aromatic heterocycles. The lowest BCUT2D eigenvalue weighted by Crippen LogP contribution is -2.12. The van der Waals surface area contributed by atoms with Crippen LogP contribution in [-0.4, -0.2) is 38.8 Å². The first kappa shape index (κ1) is 16.1. The SMILES string of the molecule is O=C(O)c1cc(S(=O)(=O)Cl)ccc1OCCC1CCCO1. The predicted molar refractivity (Wildman–Crippen MR) is 75.5 cm³/mol. The Morgan fingerprint density at radius 1 is 1.48 bits per heavy atom. The van der Waals surface area contributed by atoms with E-state index in [9.17, 15) is 13.2 Å². The van der Waals surface area contributed by atoms with Gasteiger partial charge in [0.25, 0.3) is 9.05 Å². The van der Waals surface area contributed by atoms with Crippen molar-refractivity contribution >= 4 is 25.7 Å². The summed E-state index contributed by atoms with van der Waals surface area (Å²) in [5.74, 6) is -1.16. The molecule has 1 saturated heterocycles. The Kier molecular flexibility index (Phi) is 5.08. The van der Waals surface area contributed by atoms with Gasteiger partial charge < -0.3 is 14.6 Å². The van der Waals surface area contributed by atoms with Gasteiger partial charge in [-0.1, -0.05) is 0 Å². The zero-order valence-electron chi connectivity index (χ0n) is 11.1. The van der Waals surface area contributed by atoms with Crippen LogP contribution in [0.1, 0.15) is 29.6 Å². The molecule has 1 aliphatic heterocycles. The van der Waals surface area contributed by atoms with Crippen LogP contribution in [0.4, 0.5) is 0 Å². The Morgan fingerprint density at radius 2 is 2.24 bits per heavy atom. The van der Waals surface area contributed by atoms with E-state index in [1.807, 2.05) is 0 Å². The van der Waals surface area contributed by atoms with E-state index >= 15 is 0 Å². The molecule has 116 valence electrons. The summed E-state index contributed by atoms with van der Waals surface area (Å²) in [6, 6.07) is 3.51. The van der Waals surface area contributed by atoms with Crippen LogP contribution in [0.2, 0.25) is 0 Å². The third kappa shape index (κ3) is 4.33. The molecule has 0 aliphatic carbocycles. The Labute approximate surface area is 127 Å². The molecule has 1 N–H and O–H groups in total. The lowest BCUT2D eigenvalue weighted by Gasteiger charge is -2.12. The average molecular weight is 335 g/mol. The molecular weight excluding hydrogens is 320 g/mol. The summed E-state index contributed by atoms with van der Waals surface area (Å²) in [7, 11) is 1.22. The molecule has 6 nitrogen and oxygen atoms in total. The van der Waals surface area contributed by atoms with E-state index in [-0.39, 0.29) is 22.3 Å². The van der Waals surface area contributed by atoms with Crippen molar-refractivity contribution in [1.29, 1.82) is 0 Å². The van der Waals surface area contributed by atoms with Crippen molar-refractivity contribution in [2.24, 2.45) is 0 Å². The summed E-state index contributed by atoms with van der Waals surface area (Å²) in [4.78, 5) is 10.9. The second-order valence-electron chi connectivity index (χ2n) is 4.67. The minimum Gasteiger partial charge on any atom is -0.493 e. The maximum absolute atomic E-state index is 11.2. The highest BCUT2D eigenvalue weighted by atomic mass is 35.7. The van der Waals surface area contributed by atoms with Gasteiger partial charge in [-0.2, -0.15) is 0 Å². The van der Waals surface area contributed by atoms with Gasteiger partial charge in [-0.3, -0.25) is 0 Å². The largest absolute Gasteiger partial charge is 0.493 e. The molecule has 1 atom stereocenters. The van der Waals surface area contributed by atoms with Crippen molar-refractivity contribution in [3.8, 4) is 5.75 Å². The van der Waals surface area contributed by atoms with Crippen LogP contribution in [-0.2, 0) is 13.8 Å². The summed E-state index contributed by atoms with van der Waals surface area (Å²) in [5, 5.41) is 9.12. The first-order valence-corrected chi connectivity index (χ1v) is 8.75. The third-order valence-electron chi connectivity index (χ3n) is 3.18. The number of carboxylic acids is 1. The number of aromatic carboxylic acids is 1. The molecule has 1 unspecified atom stereocenters. The number of rotatable bonds is 6. The van der Waals surface area contributed by atoms with E-state index in [2.05, 4.69) is 0 Å². The molecule has 0 amide bonds. The van der Waals surface area contributed by atoms with Crippen LogP contribution in [0.25, 0.3) is 0 Å². The number of carboxylic acid groups (broad SMARTS) is 1. The van der Waals surface area contributed by atoms with Gasteiger partial charge in [0.2, 0.25) is 0 Å². The van der Waals surface area contributed by atoms with Crippen molar-refractivity contribution in [2.75, 3.05) is 13.2 Å². The molecule has 0 bridgehead atoms. The number of hydrogen-bond donors (Lipinski definition) is 1. The lowest BCUT2D eigenvalue weighted by molar-refractivity contribution is 0.0688. The van der Waals surface area contributed by atoms with E-state index in [0.29, 0.717) is 13.0 Å². The summed E-state index contributed by atoms with van der Waals surface area (Å²) in [6.45, 7) is 1.05. The maximum Gasteiger partial charge on any atom is 0.339 e. The maximum atomic E-state index is 11.2. The van der Waals surface area contributed by atoms with Crippen LogP contribution < -0.4 is 4.74 Å². The van der Waals surface area contributed by atoms with Crippen LogP contribution in [0.15, 0.2) is 23.1 Å². The molecular formula is C13H15ClO6S. The minimum atomic E-state index is -3.98. The summed E-state index contributed by atoms with van der Waals surface area (Å²) < 4.78 is 33.3. The normalized spacial score (nSPS) is 18.6. The zero-order chi connectivity index (χ0) is 15.5. The van der Waals surface area contributed by atoms with Gasteiger partial charge in [0.15, 0.2) is 0 Å². The van der Waals surface area contributed by atoms with Crippen LogP contribution in [0.5, 0.6) is 5.75 Å².